The molecule has 4 N–H and O–H groups in total. The number of nitrogens with zero attached hydrogens (tertiary/aromatic N) is 4. The maximum atomic E-state index is 6.30. The summed E-state index contributed by atoms with van der Waals surface area (Å²) >= 11 is 1.56. The number of nitrogens with two attached hydrogens (primary N) is 1. The van der Waals surface area contributed by atoms with Crippen LogP contribution in [0.25, 0.3) is 10.9 Å². The van der Waals surface area contributed by atoms with Gasteiger partial charge in [0, 0.05) is 16.0 Å². The second kappa shape index (κ2) is 6.81. The molecule has 0 saturated heterocycles. The SMILES string of the molecule is Cc1ccc2cccc(Nc3ncnc(Nc4nc(C)c(C)s4)c3N)c2n1. The van der Waals surface area contributed by atoms with Crippen molar-refractivity contribution >= 4 is 50.4 Å². The Balaban J connectivity index is 1.68. The monoisotopic (exact) mass is 377 g/mol. The van der Waals surface area contributed by atoms with E-state index in [-0.39, 0.29) is 0 Å². The number of hydrogen-bond donors (Lipinski definition) is 3. The van der Waals surface area contributed by atoms with Gasteiger partial charge in [0.25, 0.3) is 0 Å². The Morgan fingerprint density at radius 3 is 2.44 bits per heavy atom. The summed E-state index contributed by atoms with van der Waals surface area (Å²) in [6.45, 7) is 5.97. The summed E-state index contributed by atoms with van der Waals surface area (Å²) in [5.41, 5.74) is 10.4. The van der Waals surface area contributed by atoms with Crippen molar-refractivity contribution in [2.75, 3.05) is 16.4 Å². The van der Waals surface area contributed by atoms with Crippen molar-refractivity contribution in [1.82, 2.24) is 19.9 Å². The Labute approximate surface area is 160 Å². The van der Waals surface area contributed by atoms with E-state index in [1.165, 1.54) is 6.33 Å². The Hall–Kier alpha value is -3.26. The maximum absolute atomic E-state index is 6.30. The van der Waals surface area contributed by atoms with Crippen LogP contribution in [-0.4, -0.2) is 19.9 Å². The number of pyridine rings is 1. The van der Waals surface area contributed by atoms with Gasteiger partial charge in [-0.05, 0) is 32.9 Å². The average molecular weight is 377 g/mol. The molecule has 0 aliphatic rings. The third kappa shape index (κ3) is 3.39. The summed E-state index contributed by atoms with van der Waals surface area (Å²) in [6, 6.07) is 9.99. The summed E-state index contributed by atoms with van der Waals surface area (Å²) in [6.07, 6.45) is 1.47. The molecule has 3 aromatic heterocycles. The third-order valence-electron chi connectivity index (χ3n) is 4.25. The Morgan fingerprint density at radius 2 is 1.70 bits per heavy atom. The fraction of sp³-hybridized carbons (Fsp3) is 0.158. The normalized spacial score (nSPS) is 10.9. The molecule has 4 aromatic rings. The highest BCUT2D eigenvalue weighted by Crippen LogP contribution is 2.32. The van der Waals surface area contributed by atoms with E-state index in [4.69, 9.17) is 5.73 Å². The molecule has 0 spiro atoms. The molecular weight excluding hydrogens is 358 g/mol. The lowest BCUT2D eigenvalue weighted by Crippen LogP contribution is -2.05. The molecular formula is C19H19N7S. The Morgan fingerprint density at radius 1 is 0.926 bits per heavy atom. The van der Waals surface area contributed by atoms with Crippen LogP contribution in [0.15, 0.2) is 36.7 Å². The number of hydrogen-bond acceptors (Lipinski definition) is 8. The molecule has 0 saturated carbocycles. The van der Waals surface area contributed by atoms with E-state index in [0.717, 1.165) is 38.0 Å². The van der Waals surface area contributed by atoms with Crippen LogP contribution < -0.4 is 16.4 Å². The topological polar surface area (TPSA) is 102 Å². The predicted molar refractivity (Wildman–Crippen MR) is 111 cm³/mol. The number of rotatable bonds is 4. The van der Waals surface area contributed by atoms with E-state index in [1.54, 1.807) is 11.3 Å². The van der Waals surface area contributed by atoms with E-state index in [0.29, 0.717) is 17.3 Å². The minimum atomic E-state index is 0.424. The first-order valence-electron chi connectivity index (χ1n) is 8.46. The number of nitrogens with one attached hydrogen (secondary N) is 2. The van der Waals surface area contributed by atoms with Crippen LogP contribution in [0.4, 0.5) is 28.1 Å². The highest BCUT2D eigenvalue weighted by Gasteiger charge is 2.12. The molecule has 3 heterocycles. The number of aryl methyl sites for hydroxylation is 3. The van der Waals surface area contributed by atoms with E-state index in [9.17, 15) is 0 Å². The van der Waals surface area contributed by atoms with Crippen molar-refractivity contribution in [3.63, 3.8) is 0 Å². The lowest BCUT2D eigenvalue weighted by molar-refractivity contribution is 1.16. The standard InChI is InChI=1S/C19H19N7S/c1-10-7-8-13-5-4-6-14(16(13)23-10)25-17-15(20)18(22-9-21-17)26-19-24-11(2)12(3)27-19/h4-9H,20H2,1-3H3,(H2,21,22,24,25,26). The minimum absolute atomic E-state index is 0.424. The largest absolute Gasteiger partial charge is 0.393 e. The zero-order valence-electron chi connectivity index (χ0n) is 15.2. The van der Waals surface area contributed by atoms with Crippen molar-refractivity contribution < 1.29 is 0 Å². The van der Waals surface area contributed by atoms with Gasteiger partial charge in [0.2, 0.25) is 0 Å². The molecule has 0 amide bonds. The Bertz CT molecular complexity index is 1120. The zero-order chi connectivity index (χ0) is 19.0. The first-order chi connectivity index (χ1) is 13.0. The van der Waals surface area contributed by atoms with Crippen molar-refractivity contribution in [3.05, 3.63) is 52.9 Å². The molecule has 7 nitrogen and oxygen atoms in total. The molecule has 0 aliphatic carbocycles. The highest BCUT2D eigenvalue weighted by molar-refractivity contribution is 7.15. The van der Waals surface area contributed by atoms with E-state index >= 15 is 0 Å². The zero-order valence-corrected chi connectivity index (χ0v) is 16.1. The van der Waals surface area contributed by atoms with Gasteiger partial charge in [-0.1, -0.05) is 18.2 Å². The van der Waals surface area contributed by atoms with Gasteiger partial charge in [-0.15, -0.1) is 11.3 Å². The van der Waals surface area contributed by atoms with Crippen LogP contribution in [-0.2, 0) is 0 Å². The van der Waals surface area contributed by atoms with Gasteiger partial charge in [-0.2, -0.15) is 0 Å². The Kier molecular flexibility index (Phi) is 4.33. The molecule has 27 heavy (non-hydrogen) atoms. The molecule has 0 bridgehead atoms. The first-order valence-corrected chi connectivity index (χ1v) is 9.28. The van der Waals surface area contributed by atoms with Crippen molar-refractivity contribution in [1.29, 1.82) is 0 Å². The first kappa shape index (κ1) is 17.2. The summed E-state index contributed by atoms with van der Waals surface area (Å²) < 4.78 is 0. The van der Waals surface area contributed by atoms with Gasteiger partial charge in [-0.3, -0.25) is 4.98 Å². The van der Waals surface area contributed by atoms with Gasteiger partial charge in [0.1, 0.15) is 12.0 Å². The molecule has 4 rings (SSSR count). The number of fused-ring (bicyclic) bond motifs is 1. The van der Waals surface area contributed by atoms with Crippen molar-refractivity contribution in [2.24, 2.45) is 0 Å². The van der Waals surface area contributed by atoms with Gasteiger partial charge in [0.15, 0.2) is 16.8 Å². The summed E-state index contributed by atoms with van der Waals surface area (Å²) in [5.74, 6) is 1.04. The number of thiazole rings is 1. The summed E-state index contributed by atoms with van der Waals surface area (Å²) in [5, 5.41) is 8.27. The number of anilines is 5. The molecule has 0 aliphatic heterocycles. The van der Waals surface area contributed by atoms with Crippen LogP contribution in [0.1, 0.15) is 16.3 Å². The summed E-state index contributed by atoms with van der Waals surface area (Å²) in [7, 11) is 0. The molecule has 8 heteroatoms. The fourth-order valence-electron chi connectivity index (χ4n) is 2.70. The second-order valence-electron chi connectivity index (χ2n) is 6.23. The summed E-state index contributed by atoms with van der Waals surface area (Å²) in [4.78, 5) is 18.8. The molecule has 136 valence electrons. The van der Waals surface area contributed by atoms with Gasteiger partial charge in [-0.25, -0.2) is 15.0 Å². The highest BCUT2D eigenvalue weighted by atomic mass is 32.1. The maximum Gasteiger partial charge on any atom is 0.188 e. The number of para-hydroxylation sites is 1. The van der Waals surface area contributed by atoms with Gasteiger partial charge >= 0.3 is 0 Å². The predicted octanol–water partition coefficient (Wildman–Crippen LogP) is 4.48. The average Bonchev–Trinajstić information content (AvgIpc) is 2.96. The van der Waals surface area contributed by atoms with Crippen molar-refractivity contribution in [2.45, 2.75) is 20.8 Å². The number of nitrogen functional groups attached to an aromatic ring is 1. The molecule has 0 fully saturated rings. The lowest BCUT2D eigenvalue weighted by Gasteiger charge is -2.13. The van der Waals surface area contributed by atoms with Crippen LogP contribution in [0.5, 0.6) is 0 Å². The number of aromatic nitrogens is 4. The molecule has 0 unspecified atom stereocenters. The lowest BCUT2D eigenvalue weighted by atomic mass is 10.1. The van der Waals surface area contributed by atoms with E-state index in [2.05, 4.69) is 30.6 Å². The second-order valence-corrected chi connectivity index (χ2v) is 7.43. The van der Waals surface area contributed by atoms with Gasteiger partial charge in [0.05, 0.1) is 16.9 Å². The smallest absolute Gasteiger partial charge is 0.188 e. The van der Waals surface area contributed by atoms with Crippen LogP contribution in [0, 0.1) is 20.8 Å². The molecule has 1 aromatic carbocycles. The van der Waals surface area contributed by atoms with E-state index < -0.39 is 0 Å². The molecule has 0 radical (unpaired) electrons. The quantitative estimate of drug-likeness (QED) is 0.482. The third-order valence-corrected chi connectivity index (χ3v) is 5.24. The number of benzene rings is 1. The fourth-order valence-corrected chi connectivity index (χ4v) is 3.51. The molecule has 0 atom stereocenters. The van der Waals surface area contributed by atoms with Crippen LogP contribution >= 0.6 is 11.3 Å². The van der Waals surface area contributed by atoms with Gasteiger partial charge < -0.3 is 16.4 Å². The van der Waals surface area contributed by atoms with E-state index in [1.807, 2.05) is 51.1 Å². The van der Waals surface area contributed by atoms with Crippen LogP contribution in [0.2, 0.25) is 0 Å². The van der Waals surface area contributed by atoms with Crippen LogP contribution in [0.3, 0.4) is 0 Å². The van der Waals surface area contributed by atoms with Crippen molar-refractivity contribution in [3.8, 4) is 0 Å². The minimum Gasteiger partial charge on any atom is -0.393 e.